The number of halogens is 2. The minimum absolute atomic E-state index is 0.00380. The number of benzene rings is 1. The van der Waals surface area contributed by atoms with Crippen LogP contribution < -0.4 is 11.1 Å². The van der Waals surface area contributed by atoms with E-state index in [9.17, 15) is 9.18 Å². The first-order valence-corrected chi connectivity index (χ1v) is 6.27. The Labute approximate surface area is 112 Å². The summed E-state index contributed by atoms with van der Waals surface area (Å²) in [7, 11) is 0. The average molecular weight is 273 g/mol. The molecule has 0 fully saturated rings. The fourth-order valence-corrected chi connectivity index (χ4v) is 1.81. The third-order valence-corrected chi connectivity index (χ3v) is 2.86. The molecular formula is C13H18ClFN2O. The lowest BCUT2D eigenvalue weighted by molar-refractivity contribution is 0.0933. The predicted octanol–water partition coefficient (Wildman–Crippen LogP) is 2.58. The van der Waals surface area contributed by atoms with Gasteiger partial charge in [-0.05, 0) is 30.5 Å². The number of carbonyl (C=O) groups is 1. The van der Waals surface area contributed by atoms with Gasteiger partial charge in [-0.2, -0.15) is 0 Å². The summed E-state index contributed by atoms with van der Waals surface area (Å²) in [6, 6.07) is 3.88. The first kappa shape index (κ1) is 14.9. The molecule has 5 heteroatoms. The Hall–Kier alpha value is -1.13. The summed E-state index contributed by atoms with van der Waals surface area (Å²) in [6.45, 7) is 4.47. The largest absolute Gasteiger partial charge is 0.348 e. The molecule has 0 aromatic heterocycles. The summed E-state index contributed by atoms with van der Waals surface area (Å²) in [5, 5.41) is 2.79. The van der Waals surface area contributed by atoms with Crippen molar-refractivity contribution in [3.63, 3.8) is 0 Å². The van der Waals surface area contributed by atoms with E-state index in [2.05, 4.69) is 19.2 Å². The second kappa shape index (κ2) is 6.71. The molecule has 1 unspecified atom stereocenters. The van der Waals surface area contributed by atoms with Crippen LogP contribution in [0.2, 0.25) is 5.02 Å². The highest BCUT2D eigenvalue weighted by Crippen LogP contribution is 2.15. The number of nitrogens with one attached hydrogen (secondary N) is 1. The monoisotopic (exact) mass is 272 g/mol. The van der Waals surface area contributed by atoms with Crippen molar-refractivity contribution >= 4 is 17.5 Å². The van der Waals surface area contributed by atoms with E-state index in [-0.39, 0.29) is 22.5 Å². The summed E-state index contributed by atoms with van der Waals surface area (Å²) in [6.07, 6.45) is 0.790. The first-order valence-electron chi connectivity index (χ1n) is 5.90. The molecule has 1 rings (SSSR count). The van der Waals surface area contributed by atoms with Crippen LogP contribution in [-0.4, -0.2) is 18.5 Å². The summed E-state index contributed by atoms with van der Waals surface area (Å²) in [5.74, 6) is -0.500. The van der Waals surface area contributed by atoms with Crippen molar-refractivity contribution in [3.05, 3.63) is 34.6 Å². The van der Waals surface area contributed by atoms with Gasteiger partial charge in [0.25, 0.3) is 5.91 Å². The molecule has 1 aromatic rings. The highest BCUT2D eigenvalue weighted by atomic mass is 35.5. The maximum atomic E-state index is 13.2. The third kappa shape index (κ3) is 4.27. The van der Waals surface area contributed by atoms with Crippen molar-refractivity contribution in [2.75, 3.05) is 6.54 Å². The lowest BCUT2D eigenvalue weighted by atomic mass is 10.0. The first-order chi connectivity index (χ1) is 8.43. The molecule has 18 heavy (non-hydrogen) atoms. The topological polar surface area (TPSA) is 55.1 Å². The number of amides is 1. The zero-order chi connectivity index (χ0) is 13.7. The van der Waals surface area contributed by atoms with Gasteiger partial charge in [0.15, 0.2) is 0 Å². The van der Waals surface area contributed by atoms with Crippen molar-refractivity contribution in [2.45, 2.75) is 26.3 Å². The van der Waals surface area contributed by atoms with E-state index in [0.29, 0.717) is 12.5 Å². The van der Waals surface area contributed by atoms with Crippen LogP contribution in [0.25, 0.3) is 0 Å². The summed E-state index contributed by atoms with van der Waals surface area (Å²) in [4.78, 5) is 11.9. The standard InChI is InChI=1S/C13H18ClFN2O/c1-8(2)5-10(7-16)17-13(18)9-3-4-11(14)12(15)6-9/h3-4,6,8,10H,5,7,16H2,1-2H3,(H,17,18). The van der Waals surface area contributed by atoms with Crippen molar-refractivity contribution in [1.29, 1.82) is 0 Å². The number of carbonyl (C=O) groups excluding carboxylic acids is 1. The molecular weight excluding hydrogens is 255 g/mol. The molecule has 3 nitrogen and oxygen atoms in total. The summed E-state index contributed by atoms with van der Waals surface area (Å²) in [5.41, 5.74) is 5.84. The van der Waals surface area contributed by atoms with Crippen LogP contribution in [0, 0.1) is 11.7 Å². The Morgan fingerprint density at radius 3 is 2.67 bits per heavy atom. The van der Waals surface area contributed by atoms with Gasteiger partial charge < -0.3 is 11.1 Å². The molecule has 0 bridgehead atoms. The molecule has 1 atom stereocenters. The molecule has 0 aliphatic rings. The van der Waals surface area contributed by atoms with Crippen molar-refractivity contribution in [1.82, 2.24) is 5.32 Å². The summed E-state index contributed by atoms with van der Waals surface area (Å²) >= 11 is 5.56. The maximum Gasteiger partial charge on any atom is 0.251 e. The second-order valence-electron chi connectivity index (χ2n) is 4.66. The molecule has 1 amide bonds. The molecule has 0 aliphatic heterocycles. The van der Waals surface area contributed by atoms with Crippen molar-refractivity contribution in [3.8, 4) is 0 Å². The Balaban J connectivity index is 2.71. The molecule has 0 heterocycles. The molecule has 100 valence electrons. The van der Waals surface area contributed by atoms with Crippen molar-refractivity contribution in [2.24, 2.45) is 11.7 Å². The normalized spacial score (nSPS) is 12.6. The van der Waals surface area contributed by atoms with Crippen LogP contribution in [0.5, 0.6) is 0 Å². The maximum absolute atomic E-state index is 13.2. The SMILES string of the molecule is CC(C)CC(CN)NC(=O)c1ccc(Cl)c(F)c1. The lowest BCUT2D eigenvalue weighted by Crippen LogP contribution is -2.41. The second-order valence-corrected chi connectivity index (χ2v) is 5.07. The zero-order valence-electron chi connectivity index (χ0n) is 10.5. The van der Waals surface area contributed by atoms with Gasteiger partial charge in [-0.25, -0.2) is 4.39 Å². The van der Waals surface area contributed by atoms with E-state index < -0.39 is 5.82 Å². The molecule has 0 spiro atoms. The highest BCUT2D eigenvalue weighted by Gasteiger charge is 2.14. The van der Waals surface area contributed by atoms with Crippen LogP contribution in [0.4, 0.5) is 4.39 Å². The quantitative estimate of drug-likeness (QED) is 0.866. The van der Waals surface area contributed by atoms with Crippen LogP contribution in [0.3, 0.4) is 0 Å². The van der Waals surface area contributed by atoms with E-state index in [1.165, 1.54) is 12.1 Å². The molecule has 3 N–H and O–H groups in total. The van der Waals surface area contributed by atoms with E-state index in [1.807, 2.05) is 0 Å². The van der Waals surface area contributed by atoms with Gasteiger partial charge in [-0.1, -0.05) is 25.4 Å². The number of nitrogens with two attached hydrogens (primary N) is 1. The van der Waals surface area contributed by atoms with Crippen molar-refractivity contribution < 1.29 is 9.18 Å². The van der Waals surface area contributed by atoms with Crippen LogP contribution in [0.1, 0.15) is 30.6 Å². The highest BCUT2D eigenvalue weighted by molar-refractivity contribution is 6.30. The molecule has 0 radical (unpaired) electrons. The summed E-state index contributed by atoms with van der Waals surface area (Å²) < 4.78 is 13.2. The third-order valence-electron chi connectivity index (χ3n) is 2.56. The van der Waals surface area contributed by atoms with Crippen LogP contribution in [-0.2, 0) is 0 Å². The molecule has 0 saturated heterocycles. The number of hydrogen-bond donors (Lipinski definition) is 2. The van der Waals surface area contributed by atoms with Gasteiger partial charge in [0, 0.05) is 18.2 Å². The van der Waals surface area contributed by atoms with Gasteiger partial charge in [-0.15, -0.1) is 0 Å². The van der Waals surface area contributed by atoms with Gasteiger partial charge >= 0.3 is 0 Å². The van der Waals surface area contributed by atoms with Gasteiger partial charge in [0.05, 0.1) is 5.02 Å². The Morgan fingerprint density at radius 2 is 2.17 bits per heavy atom. The van der Waals surface area contributed by atoms with Gasteiger partial charge in [0.1, 0.15) is 5.82 Å². The predicted molar refractivity (Wildman–Crippen MR) is 71.2 cm³/mol. The van der Waals surface area contributed by atoms with E-state index in [1.54, 1.807) is 0 Å². The number of hydrogen-bond acceptors (Lipinski definition) is 2. The molecule has 1 aromatic carbocycles. The van der Waals surface area contributed by atoms with E-state index in [4.69, 9.17) is 17.3 Å². The fraction of sp³-hybridized carbons (Fsp3) is 0.462. The number of rotatable bonds is 5. The fourth-order valence-electron chi connectivity index (χ4n) is 1.69. The minimum atomic E-state index is -0.600. The Bertz CT molecular complexity index is 423. The van der Waals surface area contributed by atoms with Gasteiger partial charge in [0.2, 0.25) is 0 Å². The van der Waals surface area contributed by atoms with Crippen LogP contribution in [0.15, 0.2) is 18.2 Å². The average Bonchev–Trinajstić information content (AvgIpc) is 2.31. The Kier molecular flexibility index (Phi) is 5.56. The Morgan fingerprint density at radius 1 is 1.50 bits per heavy atom. The zero-order valence-corrected chi connectivity index (χ0v) is 11.3. The minimum Gasteiger partial charge on any atom is -0.348 e. The van der Waals surface area contributed by atoms with Gasteiger partial charge in [-0.3, -0.25) is 4.79 Å². The van der Waals surface area contributed by atoms with Crippen LogP contribution >= 0.6 is 11.6 Å². The smallest absolute Gasteiger partial charge is 0.251 e. The lowest BCUT2D eigenvalue weighted by Gasteiger charge is -2.18. The van der Waals surface area contributed by atoms with E-state index >= 15 is 0 Å². The molecule has 0 aliphatic carbocycles. The molecule has 0 saturated carbocycles. The van der Waals surface area contributed by atoms with E-state index in [0.717, 1.165) is 12.5 Å².